The van der Waals surface area contributed by atoms with E-state index in [2.05, 4.69) is 36.9 Å². The summed E-state index contributed by atoms with van der Waals surface area (Å²) >= 11 is 0. The predicted octanol–water partition coefficient (Wildman–Crippen LogP) is -6.78. The lowest BCUT2D eigenvalue weighted by Gasteiger charge is -2.44. The van der Waals surface area contributed by atoms with Gasteiger partial charge in [0, 0.05) is 34.2 Å². The Kier molecular flexibility index (Phi) is 29.6. The summed E-state index contributed by atoms with van der Waals surface area (Å²) in [5, 5.41) is 34.8. The maximum atomic E-state index is 14.0. The number of carboxylic acid groups (broad SMARTS) is 1. The molecule has 402 valence electrons. The first kappa shape index (κ1) is 62.3. The number of carbonyl (C=O) groups excluding carboxylic acids is 10. The Bertz CT molecular complexity index is 1850. The second-order valence-corrected chi connectivity index (χ2v) is 15.9. The molecular formula is C41H70N12O18. The Balaban J connectivity index is 3.35. The van der Waals surface area contributed by atoms with E-state index in [4.69, 9.17) is 56.8 Å². The fourth-order valence-electron chi connectivity index (χ4n) is 6.63. The number of aliphatic hydroxyl groups is 1. The van der Waals surface area contributed by atoms with E-state index in [1.165, 1.54) is 0 Å². The van der Waals surface area contributed by atoms with Crippen LogP contribution < -0.4 is 60.2 Å². The third-order valence-corrected chi connectivity index (χ3v) is 9.89. The second kappa shape index (κ2) is 33.7. The molecule has 1 heterocycles. The maximum absolute atomic E-state index is 14.0. The Morgan fingerprint density at radius 2 is 1.15 bits per heavy atom. The number of nitrogens with two attached hydrogens (primary N) is 4. The molecule has 30 nitrogen and oxygen atoms in total. The molecule has 1 rings (SSSR count). The molecule has 0 radical (unpaired) electrons. The number of aliphatic carboxylic acids is 1. The van der Waals surface area contributed by atoms with Gasteiger partial charge in [0.05, 0.1) is 19.7 Å². The van der Waals surface area contributed by atoms with Crippen LogP contribution in [-0.4, -0.2) is 189 Å². The second-order valence-electron chi connectivity index (χ2n) is 15.9. The van der Waals surface area contributed by atoms with E-state index in [-0.39, 0.29) is 51.3 Å². The van der Waals surface area contributed by atoms with Crippen LogP contribution in [0.2, 0.25) is 0 Å². The Hall–Kier alpha value is -6.76. The summed E-state index contributed by atoms with van der Waals surface area (Å²) in [6.45, 7) is 1.11. The van der Waals surface area contributed by atoms with Crippen molar-refractivity contribution in [1.82, 2.24) is 37.2 Å². The average Bonchev–Trinajstić information content (AvgIpc) is 3.29. The average molecular weight is 1020 g/mol. The summed E-state index contributed by atoms with van der Waals surface area (Å²) in [4.78, 5) is 143. The minimum absolute atomic E-state index is 0.00306. The van der Waals surface area contributed by atoms with E-state index in [0.717, 1.165) is 27.7 Å². The van der Waals surface area contributed by atoms with E-state index in [0.29, 0.717) is 25.7 Å². The van der Waals surface area contributed by atoms with Gasteiger partial charge in [0.25, 0.3) is 0 Å². The molecular weight excluding hydrogens is 949 g/mol. The third kappa shape index (κ3) is 25.6. The predicted molar refractivity (Wildman–Crippen MR) is 244 cm³/mol. The van der Waals surface area contributed by atoms with Crippen molar-refractivity contribution >= 4 is 71.2 Å². The summed E-state index contributed by atoms with van der Waals surface area (Å²) < 4.78 is 27.6. The van der Waals surface area contributed by atoms with Gasteiger partial charge in [-0.2, -0.15) is 0 Å². The lowest BCUT2D eigenvalue weighted by molar-refractivity contribution is -0.276. The summed E-state index contributed by atoms with van der Waals surface area (Å²) in [6, 6.07) is -7.01. The van der Waals surface area contributed by atoms with Gasteiger partial charge in [-0.15, -0.1) is 0 Å². The van der Waals surface area contributed by atoms with Crippen LogP contribution >= 0.6 is 0 Å². The number of aliphatic hydroxyl groups excluding tert-OH is 1. The molecule has 7 amide bonds. The minimum Gasteiger partial charge on any atom is -0.480 e. The number of rotatable bonds is 33. The highest BCUT2D eigenvalue weighted by Crippen LogP contribution is 2.28. The van der Waals surface area contributed by atoms with Crippen molar-refractivity contribution in [3.63, 3.8) is 0 Å². The van der Waals surface area contributed by atoms with Crippen molar-refractivity contribution in [3.8, 4) is 0 Å². The minimum atomic E-state index is -1.62. The molecule has 0 aromatic heterocycles. The Morgan fingerprint density at radius 3 is 1.66 bits per heavy atom. The zero-order valence-electron chi connectivity index (χ0n) is 40.2. The lowest BCUT2D eigenvalue weighted by Crippen LogP contribution is -2.66. The summed E-state index contributed by atoms with van der Waals surface area (Å²) in [7, 11) is 0. The van der Waals surface area contributed by atoms with E-state index in [1.54, 1.807) is 0 Å². The van der Waals surface area contributed by atoms with Gasteiger partial charge in [0.1, 0.15) is 49.5 Å². The SMILES string of the molecule is CC(=O)NC1C(OCC(=O)N[C@@H](CCCCN)C(=O)N[C@@H](CCCCN)C(=O)N[C@@H](CCCN=C(N)N)C(=O)NCC(=O)NCC(=O)N[C@@H](CO)C(=O)O)OC(COC(C)=O)C(OC(C)=O)C1OC(C)=O. The van der Waals surface area contributed by atoms with Crippen LogP contribution in [0.15, 0.2) is 4.99 Å². The van der Waals surface area contributed by atoms with Crippen molar-refractivity contribution in [2.75, 3.05) is 52.5 Å². The molecule has 1 aliphatic rings. The standard InChI is InChI=1S/C41H70N12O18/c1-21(55)49-33-35(70-24(4)58)34(69-23(3)57)29(19-67-22(2)56)71-40(33)68-20-32(61)50-26(10-5-7-13-42)37(63)53-27(11-6-8-14-43)38(64)52-25(12-9-15-46-41(44)45)36(62)48-16-30(59)47-17-31(60)51-28(18-54)39(65)66/h25-29,33-35,40,54H,5-20,42-43H2,1-4H3,(H,47,59)(H,48,62)(H,49,55)(H,50,61)(H,51,60)(H,52,64)(H,53,63)(H,65,66)(H4,44,45,46)/t25-,26-,27-,28-,29?,33?,34?,35?,40?/m0/s1. The molecule has 5 unspecified atom stereocenters. The monoisotopic (exact) mass is 1020 g/mol. The number of esters is 3. The zero-order valence-corrected chi connectivity index (χ0v) is 40.2. The molecule has 17 N–H and O–H groups in total. The van der Waals surface area contributed by atoms with E-state index in [1.807, 2.05) is 5.32 Å². The molecule has 0 bridgehead atoms. The zero-order chi connectivity index (χ0) is 53.6. The molecule has 9 atom stereocenters. The number of carboxylic acids is 1. The lowest BCUT2D eigenvalue weighted by atomic mass is 9.96. The highest BCUT2D eigenvalue weighted by molar-refractivity contribution is 5.95. The van der Waals surface area contributed by atoms with Gasteiger partial charge in [-0.25, -0.2) is 4.79 Å². The van der Waals surface area contributed by atoms with Crippen molar-refractivity contribution in [2.24, 2.45) is 27.9 Å². The maximum Gasteiger partial charge on any atom is 0.328 e. The Labute approximate surface area is 408 Å². The molecule has 1 fully saturated rings. The fraction of sp³-hybridized carbons (Fsp3) is 0.707. The van der Waals surface area contributed by atoms with Crippen LogP contribution in [0.25, 0.3) is 0 Å². The third-order valence-electron chi connectivity index (χ3n) is 9.89. The van der Waals surface area contributed by atoms with Gasteiger partial charge in [-0.3, -0.25) is 52.9 Å². The smallest absolute Gasteiger partial charge is 0.328 e. The molecule has 0 aliphatic carbocycles. The number of aliphatic imine (C=N–C) groups is 1. The first-order valence-corrected chi connectivity index (χ1v) is 22.6. The summed E-state index contributed by atoms with van der Waals surface area (Å²) in [5.41, 5.74) is 22.2. The first-order chi connectivity index (χ1) is 33.5. The van der Waals surface area contributed by atoms with Crippen LogP contribution in [0.3, 0.4) is 0 Å². The number of nitrogens with one attached hydrogen (secondary N) is 7. The van der Waals surface area contributed by atoms with Gasteiger partial charge in [0.2, 0.25) is 41.4 Å². The Morgan fingerprint density at radius 1 is 0.634 bits per heavy atom. The van der Waals surface area contributed by atoms with E-state index in [9.17, 15) is 52.7 Å². The normalized spacial score (nSPS) is 18.8. The molecule has 0 saturated carbocycles. The van der Waals surface area contributed by atoms with Crippen molar-refractivity contribution < 1.29 is 86.6 Å². The number of unbranched alkanes of at least 4 members (excludes halogenated alkanes) is 2. The van der Waals surface area contributed by atoms with Crippen LogP contribution in [0.4, 0.5) is 0 Å². The molecule has 71 heavy (non-hydrogen) atoms. The van der Waals surface area contributed by atoms with Crippen LogP contribution in [0.5, 0.6) is 0 Å². The van der Waals surface area contributed by atoms with Gasteiger partial charge in [-0.05, 0) is 64.5 Å². The van der Waals surface area contributed by atoms with Gasteiger partial charge >= 0.3 is 23.9 Å². The number of carbonyl (C=O) groups is 11. The molecule has 0 aromatic rings. The highest BCUT2D eigenvalue weighted by Gasteiger charge is 2.51. The van der Waals surface area contributed by atoms with Crippen molar-refractivity contribution in [3.05, 3.63) is 0 Å². The van der Waals surface area contributed by atoms with Crippen molar-refractivity contribution in [2.45, 2.75) is 134 Å². The number of guanidine groups is 1. The molecule has 0 spiro atoms. The quantitative estimate of drug-likeness (QED) is 0.00955. The number of hydrogen-bond donors (Lipinski definition) is 13. The van der Waals surface area contributed by atoms with Crippen LogP contribution in [0, 0.1) is 0 Å². The van der Waals surface area contributed by atoms with Crippen molar-refractivity contribution in [1.29, 1.82) is 0 Å². The number of ether oxygens (including phenoxy) is 5. The molecule has 30 heteroatoms. The van der Waals surface area contributed by atoms with E-state index < -0.39 is 153 Å². The number of nitrogens with zero attached hydrogens (tertiary/aromatic N) is 1. The van der Waals surface area contributed by atoms with Gasteiger partial charge < -0.3 is 94.0 Å². The first-order valence-electron chi connectivity index (χ1n) is 22.6. The largest absolute Gasteiger partial charge is 0.480 e. The van der Waals surface area contributed by atoms with Gasteiger partial charge in [-0.1, -0.05) is 0 Å². The van der Waals surface area contributed by atoms with Gasteiger partial charge in [0.15, 0.2) is 24.5 Å². The number of hydrogen-bond acceptors (Lipinski definition) is 20. The van der Waals surface area contributed by atoms with Crippen LogP contribution in [0.1, 0.15) is 79.1 Å². The highest BCUT2D eigenvalue weighted by atomic mass is 16.7. The molecule has 1 saturated heterocycles. The topological polar surface area (TPSA) is 475 Å². The molecule has 1 aliphatic heterocycles. The fourth-order valence-corrected chi connectivity index (χ4v) is 6.63. The van der Waals surface area contributed by atoms with E-state index >= 15 is 0 Å². The summed E-state index contributed by atoms with van der Waals surface area (Å²) in [5.74, 6) is -10.2. The summed E-state index contributed by atoms with van der Waals surface area (Å²) in [6.07, 6.45) is -4.33. The number of amides is 7. The molecule has 0 aromatic carbocycles. The van der Waals surface area contributed by atoms with Crippen LogP contribution in [-0.2, 0) is 76.4 Å².